The van der Waals surface area contributed by atoms with E-state index in [4.69, 9.17) is 14.2 Å². The van der Waals surface area contributed by atoms with Crippen LogP contribution in [-0.4, -0.2) is 31.9 Å². The second-order valence-electron chi connectivity index (χ2n) is 5.15. The van der Waals surface area contributed by atoms with Gasteiger partial charge >= 0.3 is 0 Å². The van der Waals surface area contributed by atoms with E-state index in [9.17, 15) is 4.79 Å². The predicted molar refractivity (Wildman–Crippen MR) is 96.4 cm³/mol. The first kappa shape index (κ1) is 18.3. The molecular weight excluding hydrogens is 320 g/mol. The molecule has 2 rings (SSSR count). The van der Waals surface area contributed by atoms with Gasteiger partial charge in [-0.15, -0.1) is 0 Å². The van der Waals surface area contributed by atoms with Crippen molar-refractivity contribution in [2.45, 2.75) is 20.0 Å². The third-order valence-corrected chi connectivity index (χ3v) is 3.30. The van der Waals surface area contributed by atoms with E-state index < -0.39 is 6.10 Å². The fourth-order valence-electron chi connectivity index (χ4n) is 2.06. The molecule has 6 heteroatoms. The quantitative estimate of drug-likeness (QED) is 0.591. The minimum Gasteiger partial charge on any atom is -0.493 e. The zero-order valence-corrected chi connectivity index (χ0v) is 14.6. The number of benzene rings is 2. The summed E-state index contributed by atoms with van der Waals surface area (Å²) in [6, 6.07) is 14.6. The van der Waals surface area contributed by atoms with Gasteiger partial charge in [0, 0.05) is 0 Å². The van der Waals surface area contributed by atoms with Gasteiger partial charge in [-0.1, -0.05) is 18.2 Å². The fourth-order valence-corrected chi connectivity index (χ4v) is 2.06. The van der Waals surface area contributed by atoms with Gasteiger partial charge in [0.05, 0.1) is 19.9 Å². The maximum atomic E-state index is 12.0. The number of nitrogens with zero attached hydrogens (tertiary/aromatic N) is 1. The number of para-hydroxylation sites is 1. The van der Waals surface area contributed by atoms with Crippen molar-refractivity contribution in [2.24, 2.45) is 5.10 Å². The molecule has 1 atom stereocenters. The van der Waals surface area contributed by atoms with Gasteiger partial charge in [-0.25, -0.2) is 5.43 Å². The molecule has 1 N–H and O–H groups in total. The summed E-state index contributed by atoms with van der Waals surface area (Å²) in [7, 11) is 1.57. The topological polar surface area (TPSA) is 69.2 Å². The molecular formula is C19H22N2O4. The van der Waals surface area contributed by atoms with Gasteiger partial charge < -0.3 is 14.2 Å². The molecule has 2 aromatic carbocycles. The van der Waals surface area contributed by atoms with E-state index >= 15 is 0 Å². The molecule has 0 aliphatic rings. The summed E-state index contributed by atoms with van der Waals surface area (Å²) in [6.07, 6.45) is 0.875. The molecule has 2 aromatic rings. The monoisotopic (exact) mass is 342 g/mol. The summed E-state index contributed by atoms with van der Waals surface area (Å²) in [4.78, 5) is 12.0. The van der Waals surface area contributed by atoms with E-state index in [2.05, 4.69) is 10.5 Å². The second-order valence-corrected chi connectivity index (χ2v) is 5.15. The minimum absolute atomic E-state index is 0.335. The van der Waals surface area contributed by atoms with Crippen LogP contribution in [0.15, 0.2) is 53.6 Å². The number of carbonyl (C=O) groups excluding carboxylic acids is 1. The molecule has 0 radical (unpaired) electrons. The highest BCUT2D eigenvalue weighted by molar-refractivity contribution is 5.84. The van der Waals surface area contributed by atoms with Gasteiger partial charge in [0.2, 0.25) is 0 Å². The molecule has 0 saturated carbocycles. The summed E-state index contributed by atoms with van der Waals surface area (Å²) in [5, 5.41) is 3.95. The molecule has 0 heterocycles. The molecule has 0 aliphatic heterocycles. The molecule has 0 aliphatic carbocycles. The van der Waals surface area contributed by atoms with Crippen molar-refractivity contribution in [3.05, 3.63) is 54.1 Å². The highest BCUT2D eigenvalue weighted by Crippen LogP contribution is 2.27. The fraction of sp³-hybridized carbons (Fsp3) is 0.263. The summed E-state index contributed by atoms with van der Waals surface area (Å²) in [6.45, 7) is 4.12. The first-order valence-corrected chi connectivity index (χ1v) is 7.99. The first-order chi connectivity index (χ1) is 12.1. The lowest BCUT2D eigenvalue weighted by molar-refractivity contribution is -0.127. The number of hydrogen-bond donors (Lipinski definition) is 1. The van der Waals surface area contributed by atoms with Crippen LogP contribution in [0.4, 0.5) is 0 Å². The predicted octanol–water partition coefficient (Wildman–Crippen LogP) is 3.01. The van der Waals surface area contributed by atoms with Crippen molar-refractivity contribution in [3.8, 4) is 17.2 Å². The van der Waals surface area contributed by atoms with E-state index in [1.807, 2.05) is 31.2 Å². The molecule has 0 spiro atoms. The molecule has 6 nitrogen and oxygen atoms in total. The van der Waals surface area contributed by atoms with Crippen molar-refractivity contribution in [2.75, 3.05) is 13.7 Å². The number of nitrogens with one attached hydrogen (secondary N) is 1. The van der Waals surface area contributed by atoms with Crippen molar-refractivity contribution in [1.29, 1.82) is 0 Å². The summed E-state index contributed by atoms with van der Waals surface area (Å²) < 4.78 is 16.3. The first-order valence-electron chi connectivity index (χ1n) is 7.99. The van der Waals surface area contributed by atoms with Gasteiger partial charge in [-0.05, 0) is 49.7 Å². The normalized spacial score (nSPS) is 11.8. The van der Waals surface area contributed by atoms with Crippen LogP contribution in [-0.2, 0) is 4.79 Å². The Morgan fingerprint density at radius 1 is 1.20 bits per heavy atom. The summed E-state index contributed by atoms with van der Waals surface area (Å²) >= 11 is 0. The largest absolute Gasteiger partial charge is 0.493 e. The van der Waals surface area contributed by atoms with E-state index in [-0.39, 0.29) is 5.91 Å². The Hall–Kier alpha value is -3.02. The third kappa shape index (κ3) is 5.53. The lowest BCUT2D eigenvalue weighted by Crippen LogP contribution is -2.33. The van der Waals surface area contributed by atoms with Crippen LogP contribution in [0.25, 0.3) is 0 Å². The van der Waals surface area contributed by atoms with Gasteiger partial charge in [-0.2, -0.15) is 5.10 Å². The number of hydrogen-bond acceptors (Lipinski definition) is 5. The molecule has 1 unspecified atom stereocenters. The highest BCUT2D eigenvalue weighted by Gasteiger charge is 2.13. The molecule has 0 bridgehead atoms. The SMILES string of the molecule is CCOc1ccc(C=NNC(=O)C(C)Oc2ccccc2)cc1OC. The summed E-state index contributed by atoms with van der Waals surface area (Å²) in [5.74, 6) is 1.57. The van der Waals surface area contributed by atoms with Crippen molar-refractivity contribution in [1.82, 2.24) is 5.43 Å². The average Bonchev–Trinajstić information content (AvgIpc) is 2.63. The molecule has 0 aromatic heterocycles. The third-order valence-electron chi connectivity index (χ3n) is 3.30. The Bertz CT molecular complexity index is 717. The maximum absolute atomic E-state index is 12.0. The van der Waals surface area contributed by atoms with Crippen molar-refractivity contribution >= 4 is 12.1 Å². The Labute approximate surface area is 147 Å². The van der Waals surface area contributed by atoms with Crippen LogP contribution in [0.2, 0.25) is 0 Å². The molecule has 0 fully saturated rings. The van der Waals surface area contributed by atoms with Crippen LogP contribution in [0, 0.1) is 0 Å². The Balaban J connectivity index is 1.92. The number of carbonyl (C=O) groups is 1. The number of rotatable bonds is 8. The number of hydrazone groups is 1. The Morgan fingerprint density at radius 2 is 1.96 bits per heavy atom. The van der Waals surface area contributed by atoms with Crippen LogP contribution in [0.5, 0.6) is 17.2 Å². The van der Waals surface area contributed by atoms with E-state index in [1.165, 1.54) is 6.21 Å². The standard InChI is InChI=1S/C19H22N2O4/c1-4-24-17-11-10-15(12-18(17)23-3)13-20-21-19(22)14(2)25-16-8-6-5-7-9-16/h5-14H,4H2,1-3H3,(H,21,22). The van der Waals surface area contributed by atoms with Crippen LogP contribution in [0.3, 0.4) is 0 Å². The van der Waals surface area contributed by atoms with Crippen LogP contribution >= 0.6 is 0 Å². The van der Waals surface area contributed by atoms with Crippen LogP contribution < -0.4 is 19.6 Å². The lowest BCUT2D eigenvalue weighted by Gasteiger charge is -2.12. The second kappa shape index (κ2) is 9.32. The molecule has 132 valence electrons. The van der Waals surface area contributed by atoms with Gasteiger partial charge in [-0.3, -0.25) is 4.79 Å². The number of methoxy groups -OCH3 is 1. The Kier molecular flexibility index (Phi) is 6.83. The van der Waals surface area contributed by atoms with E-state index in [0.717, 1.165) is 5.56 Å². The number of ether oxygens (including phenoxy) is 3. The molecule has 1 amide bonds. The van der Waals surface area contributed by atoms with Gasteiger partial charge in [0.1, 0.15) is 5.75 Å². The highest BCUT2D eigenvalue weighted by atomic mass is 16.5. The maximum Gasteiger partial charge on any atom is 0.280 e. The smallest absolute Gasteiger partial charge is 0.280 e. The van der Waals surface area contributed by atoms with Gasteiger partial charge in [0.25, 0.3) is 5.91 Å². The van der Waals surface area contributed by atoms with Crippen LogP contribution in [0.1, 0.15) is 19.4 Å². The Morgan fingerprint density at radius 3 is 2.64 bits per heavy atom. The molecule has 0 saturated heterocycles. The molecule has 25 heavy (non-hydrogen) atoms. The lowest BCUT2D eigenvalue weighted by atomic mass is 10.2. The number of amides is 1. The minimum atomic E-state index is -0.658. The van der Waals surface area contributed by atoms with Crippen molar-refractivity contribution in [3.63, 3.8) is 0 Å². The van der Waals surface area contributed by atoms with E-state index in [1.54, 1.807) is 38.3 Å². The zero-order chi connectivity index (χ0) is 18.1. The average molecular weight is 342 g/mol. The summed E-state index contributed by atoms with van der Waals surface area (Å²) in [5.41, 5.74) is 3.24. The van der Waals surface area contributed by atoms with Crippen molar-refractivity contribution < 1.29 is 19.0 Å². The zero-order valence-electron chi connectivity index (χ0n) is 14.6. The van der Waals surface area contributed by atoms with E-state index in [0.29, 0.717) is 23.9 Å². The van der Waals surface area contributed by atoms with Gasteiger partial charge in [0.15, 0.2) is 17.6 Å².